The van der Waals surface area contributed by atoms with Gasteiger partial charge in [0.2, 0.25) is 0 Å². The van der Waals surface area contributed by atoms with Crippen LogP contribution in [0.15, 0.2) is 30.5 Å². The van der Waals surface area contributed by atoms with Crippen LogP contribution in [0, 0.1) is 18.3 Å². The predicted octanol–water partition coefficient (Wildman–Crippen LogP) is 3.86. The van der Waals surface area contributed by atoms with Gasteiger partial charge in [0, 0.05) is 12.7 Å². The van der Waals surface area contributed by atoms with Crippen LogP contribution in [-0.4, -0.2) is 10.9 Å². The predicted molar refractivity (Wildman–Crippen MR) is 81.3 cm³/mol. The summed E-state index contributed by atoms with van der Waals surface area (Å²) in [5, 5.41) is 11.0. The number of hydrogen-bond acceptors (Lipinski definition) is 3. The fourth-order valence-electron chi connectivity index (χ4n) is 1.98. The number of carbonyl (C=O) groups is 1. The van der Waals surface area contributed by atoms with Crippen molar-refractivity contribution in [2.45, 2.75) is 19.6 Å². The van der Waals surface area contributed by atoms with E-state index >= 15 is 0 Å². The molecule has 1 aromatic heterocycles. The molecule has 4 nitrogen and oxygen atoms in total. The van der Waals surface area contributed by atoms with Gasteiger partial charge in [-0.15, -0.1) is 0 Å². The van der Waals surface area contributed by atoms with Crippen LogP contribution in [-0.2, 0) is 12.7 Å². The van der Waals surface area contributed by atoms with Crippen molar-refractivity contribution in [1.29, 1.82) is 5.26 Å². The molecule has 0 saturated carbocycles. The zero-order chi connectivity index (χ0) is 17.9. The molecule has 0 unspecified atom stereocenters. The number of halogens is 4. The van der Waals surface area contributed by atoms with Crippen molar-refractivity contribution < 1.29 is 18.0 Å². The van der Waals surface area contributed by atoms with Gasteiger partial charge in [-0.2, -0.15) is 18.4 Å². The number of hydrogen-bond donors (Lipinski definition) is 1. The monoisotopic (exact) mass is 353 g/mol. The Labute approximate surface area is 140 Å². The van der Waals surface area contributed by atoms with Crippen LogP contribution in [0.1, 0.15) is 32.7 Å². The summed E-state index contributed by atoms with van der Waals surface area (Å²) in [7, 11) is 0. The first kappa shape index (κ1) is 17.8. The number of pyridine rings is 1. The van der Waals surface area contributed by atoms with E-state index in [9.17, 15) is 18.0 Å². The standard InChI is InChI=1S/C16H11ClF3N3O/c1-9-4-10(6-21)2-3-11(9)7-23-15(24)14-13(17)5-12(8-22-14)16(18,19)20/h2-5,8H,7H2,1H3,(H,23,24). The van der Waals surface area contributed by atoms with Gasteiger partial charge in [0.25, 0.3) is 5.91 Å². The first-order chi connectivity index (χ1) is 11.2. The van der Waals surface area contributed by atoms with E-state index in [4.69, 9.17) is 16.9 Å². The Kier molecular flexibility index (Phi) is 5.10. The van der Waals surface area contributed by atoms with Crippen LogP contribution < -0.4 is 5.32 Å². The van der Waals surface area contributed by atoms with Crippen LogP contribution in [0.4, 0.5) is 13.2 Å². The Hall–Kier alpha value is -2.59. The lowest BCUT2D eigenvalue weighted by molar-refractivity contribution is -0.137. The van der Waals surface area contributed by atoms with Gasteiger partial charge in [-0.3, -0.25) is 4.79 Å². The average molecular weight is 354 g/mol. The number of nitrogens with one attached hydrogen (secondary N) is 1. The average Bonchev–Trinajstić information content (AvgIpc) is 2.52. The smallest absolute Gasteiger partial charge is 0.347 e. The fourth-order valence-corrected chi connectivity index (χ4v) is 2.24. The van der Waals surface area contributed by atoms with Crippen molar-refractivity contribution in [3.05, 3.63) is 63.4 Å². The fraction of sp³-hybridized carbons (Fsp3) is 0.188. The Morgan fingerprint density at radius 2 is 2.08 bits per heavy atom. The van der Waals surface area contributed by atoms with E-state index in [0.29, 0.717) is 17.8 Å². The maximum absolute atomic E-state index is 12.6. The summed E-state index contributed by atoms with van der Waals surface area (Å²) in [6, 6.07) is 7.64. The minimum absolute atomic E-state index is 0.134. The van der Waals surface area contributed by atoms with Gasteiger partial charge < -0.3 is 5.32 Å². The molecular formula is C16H11ClF3N3O. The van der Waals surface area contributed by atoms with Crippen LogP contribution in [0.5, 0.6) is 0 Å². The maximum Gasteiger partial charge on any atom is 0.417 e. The quantitative estimate of drug-likeness (QED) is 0.911. The van der Waals surface area contributed by atoms with Crippen molar-refractivity contribution >= 4 is 17.5 Å². The van der Waals surface area contributed by atoms with Crippen LogP contribution in [0.25, 0.3) is 0 Å². The van der Waals surface area contributed by atoms with Crippen molar-refractivity contribution in [2.24, 2.45) is 0 Å². The molecule has 0 radical (unpaired) electrons. The second-order valence-electron chi connectivity index (χ2n) is 4.99. The molecule has 2 rings (SSSR count). The maximum atomic E-state index is 12.6. The number of aromatic nitrogens is 1. The molecule has 0 spiro atoms. The highest BCUT2D eigenvalue weighted by molar-refractivity contribution is 6.33. The van der Waals surface area contributed by atoms with Crippen LogP contribution in [0.2, 0.25) is 5.02 Å². The molecule has 0 aliphatic heterocycles. The molecule has 1 heterocycles. The number of alkyl halides is 3. The Morgan fingerprint density at radius 1 is 1.38 bits per heavy atom. The van der Waals surface area contributed by atoms with Gasteiger partial charge in [-0.25, -0.2) is 4.98 Å². The van der Waals surface area contributed by atoms with E-state index in [1.807, 2.05) is 6.07 Å². The summed E-state index contributed by atoms with van der Waals surface area (Å²) in [6.07, 6.45) is -4.01. The highest BCUT2D eigenvalue weighted by atomic mass is 35.5. The molecule has 8 heteroatoms. The highest BCUT2D eigenvalue weighted by Crippen LogP contribution is 2.31. The summed E-state index contributed by atoms with van der Waals surface area (Å²) < 4.78 is 37.7. The summed E-state index contributed by atoms with van der Waals surface area (Å²) >= 11 is 5.72. The SMILES string of the molecule is Cc1cc(C#N)ccc1CNC(=O)c1ncc(C(F)(F)F)cc1Cl. The summed E-state index contributed by atoms with van der Waals surface area (Å²) in [4.78, 5) is 15.5. The second-order valence-corrected chi connectivity index (χ2v) is 5.40. The first-order valence-electron chi connectivity index (χ1n) is 6.73. The number of benzene rings is 1. The normalized spacial score (nSPS) is 11.0. The number of rotatable bonds is 3. The Morgan fingerprint density at radius 3 is 2.62 bits per heavy atom. The zero-order valence-electron chi connectivity index (χ0n) is 12.4. The van der Waals surface area contributed by atoms with Crippen LogP contribution >= 0.6 is 11.6 Å². The lowest BCUT2D eigenvalue weighted by Crippen LogP contribution is -2.25. The zero-order valence-corrected chi connectivity index (χ0v) is 13.2. The summed E-state index contributed by atoms with van der Waals surface area (Å²) in [5.74, 6) is -0.683. The number of amides is 1. The molecule has 24 heavy (non-hydrogen) atoms. The third-order valence-electron chi connectivity index (χ3n) is 3.29. The van der Waals surface area contributed by atoms with Gasteiger partial charge >= 0.3 is 6.18 Å². The molecule has 0 saturated heterocycles. The van der Waals surface area contributed by atoms with Gasteiger partial charge in [0.15, 0.2) is 0 Å². The molecule has 0 atom stereocenters. The first-order valence-corrected chi connectivity index (χ1v) is 7.10. The number of carbonyl (C=O) groups excluding carboxylic acids is 1. The number of nitrogens with zero attached hydrogens (tertiary/aromatic N) is 2. The molecule has 1 amide bonds. The minimum Gasteiger partial charge on any atom is -0.347 e. The summed E-state index contributed by atoms with van der Waals surface area (Å²) in [5.41, 5.74) is 0.768. The molecule has 1 aromatic carbocycles. The lowest BCUT2D eigenvalue weighted by Gasteiger charge is -2.10. The molecule has 1 N–H and O–H groups in total. The summed E-state index contributed by atoms with van der Waals surface area (Å²) in [6.45, 7) is 1.92. The van der Waals surface area contributed by atoms with Gasteiger partial charge in [0.1, 0.15) is 5.69 Å². The van der Waals surface area contributed by atoms with E-state index in [1.165, 1.54) is 0 Å². The van der Waals surface area contributed by atoms with Gasteiger partial charge in [0.05, 0.1) is 22.2 Å². The van der Waals surface area contributed by atoms with E-state index < -0.39 is 17.6 Å². The van der Waals surface area contributed by atoms with Crippen LogP contribution in [0.3, 0.4) is 0 Å². The molecule has 2 aromatic rings. The minimum atomic E-state index is -4.58. The topological polar surface area (TPSA) is 65.8 Å². The lowest BCUT2D eigenvalue weighted by atomic mass is 10.1. The third-order valence-corrected chi connectivity index (χ3v) is 3.58. The van der Waals surface area contributed by atoms with Gasteiger partial charge in [-0.05, 0) is 36.2 Å². The van der Waals surface area contributed by atoms with E-state index in [0.717, 1.165) is 11.1 Å². The Balaban J connectivity index is 2.12. The molecule has 0 fully saturated rings. The second kappa shape index (κ2) is 6.89. The van der Waals surface area contributed by atoms with Crippen molar-refractivity contribution in [2.75, 3.05) is 0 Å². The molecule has 0 aliphatic carbocycles. The van der Waals surface area contributed by atoms with E-state index in [2.05, 4.69) is 10.3 Å². The van der Waals surface area contributed by atoms with E-state index in [1.54, 1.807) is 25.1 Å². The molecule has 0 aliphatic rings. The molecule has 124 valence electrons. The number of aryl methyl sites for hydroxylation is 1. The third kappa shape index (κ3) is 4.03. The largest absolute Gasteiger partial charge is 0.417 e. The highest BCUT2D eigenvalue weighted by Gasteiger charge is 2.32. The molecular weight excluding hydrogens is 343 g/mol. The van der Waals surface area contributed by atoms with Crippen molar-refractivity contribution in [3.63, 3.8) is 0 Å². The van der Waals surface area contributed by atoms with E-state index in [-0.39, 0.29) is 17.3 Å². The Bertz CT molecular complexity index is 828. The molecule has 0 bridgehead atoms. The van der Waals surface area contributed by atoms with Crippen molar-refractivity contribution in [1.82, 2.24) is 10.3 Å². The van der Waals surface area contributed by atoms with Crippen molar-refractivity contribution in [3.8, 4) is 6.07 Å². The number of nitriles is 1. The van der Waals surface area contributed by atoms with Gasteiger partial charge in [-0.1, -0.05) is 17.7 Å².